The Morgan fingerprint density at radius 2 is 2.22 bits per heavy atom. The Bertz CT molecular complexity index is 903. The van der Waals surface area contributed by atoms with Crippen molar-refractivity contribution in [3.8, 4) is 0 Å². The van der Waals surface area contributed by atoms with Crippen LogP contribution in [-0.2, 0) is 24.2 Å². The number of aryl methyl sites for hydroxylation is 1. The maximum atomic E-state index is 11.4. The molecule has 0 saturated carbocycles. The van der Waals surface area contributed by atoms with Crippen LogP contribution in [0.3, 0.4) is 0 Å². The highest BCUT2D eigenvalue weighted by Gasteiger charge is 2.17. The van der Waals surface area contributed by atoms with E-state index >= 15 is 0 Å². The molecule has 2 aromatic heterocycles. The smallest absolute Gasteiger partial charge is 0.228 e. The first-order valence-corrected chi connectivity index (χ1v) is 8.43. The Hall–Kier alpha value is -2.47. The van der Waals surface area contributed by atoms with Crippen molar-refractivity contribution in [2.75, 3.05) is 10.6 Å². The second-order valence-corrected chi connectivity index (χ2v) is 6.69. The molecule has 3 aromatic rings. The molecule has 0 saturated heterocycles. The van der Waals surface area contributed by atoms with E-state index in [0.717, 1.165) is 39.3 Å². The number of hydrogen-bond acceptors (Lipinski definition) is 5. The van der Waals surface area contributed by atoms with Crippen LogP contribution in [0.2, 0.25) is 0 Å². The largest absolute Gasteiger partial charge is 0.365 e. The summed E-state index contributed by atoms with van der Waals surface area (Å²) in [5.74, 6) is 0.925. The summed E-state index contributed by atoms with van der Waals surface area (Å²) in [6.07, 6.45) is 3.07. The lowest BCUT2D eigenvalue weighted by Gasteiger charge is -2.08. The number of fused-ring (bicyclic) bond motifs is 2. The molecule has 0 unspecified atom stereocenters. The summed E-state index contributed by atoms with van der Waals surface area (Å²) in [4.78, 5) is 22.5. The van der Waals surface area contributed by atoms with Gasteiger partial charge in [0.15, 0.2) is 0 Å². The third-order valence-corrected chi connectivity index (χ3v) is 5.17. The van der Waals surface area contributed by atoms with Gasteiger partial charge in [0, 0.05) is 17.1 Å². The fraction of sp³-hybridized carbons (Fsp3) is 0.235. The standard InChI is InChI=1S/C17H16N4OS/c1-2-12-7-13-16(19-9-20-17(13)23-12)18-8-10-3-4-14-11(5-10)6-15(22)21-14/h3-5,7,9H,2,6,8H2,1H3,(H,21,22)(H,18,19,20). The summed E-state index contributed by atoms with van der Waals surface area (Å²) in [5, 5.41) is 7.32. The second-order valence-electron chi connectivity index (χ2n) is 5.58. The van der Waals surface area contributed by atoms with Crippen LogP contribution in [0.5, 0.6) is 0 Å². The number of amides is 1. The SMILES string of the molecule is CCc1cc2c(NCc3ccc4c(c3)CC(=O)N4)ncnc2s1. The Morgan fingerprint density at radius 3 is 3.09 bits per heavy atom. The lowest BCUT2D eigenvalue weighted by Crippen LogP contribution is -2.03. The average Bonchev–Trinajstić information content (AvgIpc) is 3.14. The maximum Gasteiger partial charge on any atom is 0.228 e. The van der Waals surface area contributed by atoms with Gasteiger partial charge in [-0.05, 0) is 29.7 Å². The van der Waals surface area contributed by atoms with E-state index in [1.807, 2.05) is 12.1 Å². The quantitative estimate of drug-likeness (QED) is 0.772. The molecule has 1 aliphatic heterocycles. The molecule has 2 N–H and O–H groups in total. The first-order valence-electron chi connectivity index (χ1n) is 7.62. The molecule has 0 radical (unpaired) electrons. The molecule has 3 heterocycles. The van der Waals surface area contributed by atoms with Gasteiger partial charge in [-0.1, -0.05) is 19.1 Å². The number of nitrogens with zero attached hydrogens (tertiary/aromatic N) is 2. The normalized spacial score (nSPS) is 13.2. The molecule has 5 nitrogen and oxygen atoms in total. The van der Waals surface area contributed by atoms with Crippen molar-refractivity contribution in [3.63, 3.8) is 0 Å². The van der Waals surface area contributed by atoms with Gasteiger partial charge in [-0.3, -0.25) is 4.79 Å². The minimum atomic E-state index is 0.0630. The van der Waals surface area contributed by atoms with Crippen molar-refractivity contribution in [3.05, 3.63) is 46.6 Å². The number of carbonyl (C=O) groups excluding carboxylic acids is 1. The number of thiophene rings is 1. The Morgan fingerprint density at radius 1 is 1.30 bits per heavy atom. The average molecular weight is 324 g/mol. The van der Waals surface area contributed by atoms with Crippen molar-refractivity contribution in [1.82, 2.24) is 9.97 Å². The second kappa shape index (κ2) is 5.62. The van der Waals surface area contributed by atoms with E-state index in [1.165, 1.54) is 4.88 Å². The van der Waals surface area contributed by atoms with Gasteiger partial charge in [-0.2, -0.15) is 0 Å². The molecule has 1 amide bonds. The van der Waals surface area contributed by atoms with Crippen LogP contribution < -0.4 is 10.6 Å². The van der Waals surface area contributed by atoms with Gasteiger partial charge >= 0.3 is 0 Å². The number of hydrogen-bond donors (Lipinski definition) is 2. The molecular weight excluding hydrogens is 308 g/mol. The molecule has 6 heteroatoms. The van der Waals surface area contributed by atoms with Gasteiger partial charge in [0.05, 0.1) is 11.8 Å². The first kappa shape index (κ1) is 14.1. The van der Waals surface area contributed by atoms with Crippen molar-refractivity contribution >= 4 is 39.0 Å². The van der Waals surface area contributed by atoms with E-state index in [9.17, 15) is 4.79 Å². The zero-order valence-electron chi connectivity index (χ0n) is 12.7. The van der Waals surface area contributed by atoms with Crippen molar-refractivity contribution in [1.29, 1.82) is 0 Å². The lowest BCUT2D eigenvalue weighted by molar-refractivity contribution is -0.115. The molecule has 4 rings (SSSR count). The maximum absolute atomic E-state index is 11.4. The van der Waals surface area contributed by atoms with E-state index < -0.39 is 0 Å². The van der Waals surface area contributed by atoms with Crippen molar-refractivity contribution in [2.24, 2.45) is 0 Å². The summed E-state index contributed by atoms with van der Waals surface area (Å²) < 4.78 is 0. The number of carbonyl (C=O) groups is 1. The summed E-state index contributed by atoms with van der Waals surface area (Å²) in [7, 11) is 0. The number of rotatable bonds is 4. The number of nitrogens with one attached hydrogen (secondary N) is 2. The van der Waals surface area contributed by atoms with E-state index in [2.05, 4.69) is 39.7 Å². The van der Waals surface area contributed by atoms with Crippen LogP contribution in [0.15, 0.2) is 30.6 Å². The van der Waals surface area contributed by atoms with E-state index in [1.54, 1.807) is 17.7 Å². The van der Waals surface area contributed by atoms with Gasteiger partial charge in [-0.15, -0.1) is 11.3 Å². The summed E-state index contributed by atoms with van der Waals surface area (Å²) >= 11 is 1.71. The number of anilines is 2. The summed E-state index contributed by atoms with van der Waals surface area (Å²) in [6.45, 7) is 2.82. The zero-order valence-corrected chi connectivity index (χ0v) is 13.5. The van der Waals surface area contributed by atoms with Crippen LogP contribution in [0.25, 0.3) is 10.2 Å². The predicted molar refractivity (Wildman–Crippen MR) is 92.9 cm³/mol. The van der Waals surface area contributed by atoms with Crippen LogP contribution in [-0.4, -0.2) is 15.9 Å². The Kier molecular flexibility index (Phi) is 3.46. The molecule has 0 atom stereocenters. The van der Waals surface area contributed by atoms with Gasteiger partial charge in [0.25, 0.3) is 0 Å². The molecule has 23 heavy (non-hydrogen) atoms. The summed E-state index contributed by atoms with van der Waals surface area (Å²) in [5.41, 5.74) is 3.12. The van der Waals surface area contributed by atoms with Crippen LogP contribution >= 0.6 is 11.3 Å². The highest BCUT2D eigenvalue weighted by Crippen LogP contribution is 2.29. The van der Waals surface area contributed by atoms with E-state index in [4.69, 9.17) is 0 Å². The zero-order chi connectivity index (χ0) is 15.8. The molecule has 0 bridgehead atoms. The monoisotopic (exact) mass is 324 g/mol. The molecule has 0 aliphatic carbocycles. The third kappa shape index (κ3) is 2.66. The lowest BCUT2D eigenvalue weighted by atomic mass is 10.1. The molecule has 0 fully saturated rings. The molecule has 116 valence electrons. The highest BCUT2D eigenvalue weighted by atomic mass is 32.1. The number of benzene rings is 1. The van der Waals surface area contributed by atoms with Gasteiger partial charge in [-0.25, -0.2) is 9.97 Å². The fourth-order valence-electron chi connectivity index (χ4n) is 2.80. The van der Waals surface area contributed by atoms with Gasteiger partial charge < -0.3 is 10.6 Å². The predicted octanol–water partition coefficient (Wildman–Crippen LogP) is 3.36. The van der Waals surface area contributed by atoms with Crippen molar-refractivity contribution < 1.29 is 4.79 Å². The van der Waals surface area contributed by atoms with E-state index in [-0.39, 0.29) is 5.91 Å². The van der Waals surface area contributed by atoms with Crippen molar-refractivity contribution in [2.45, 2.75) is 26.3 Å². The van der Waals surface area contributed by atoms with Crippen LogP contribution in [0.1, 0.15) is 22.9 Å². The summed E-state index contributed by atoms with van der Waals surface area (Å²) in [6, 6.07) is 8.23. The van der Waals surface area contributed by atoms with Crippen LogP contribution in [0, 0.1) is 0 Å². The van der Waals surface area contributed by atoms with Crippen LogP contribution in [0.4, 0.5) is 11.5 Å². The Balaban J connectivity index is 1.56. The minimum absolute atomic E-state index is 0.0630. The molecule has 1 aliphatic rings. The fourth-order valence-corrected chi connectivity index (χ4v) is 3.73. The molecule has 1 aromatic carbocycles. The van der Waals surface area contributed by atoms with Gasteiger partial charge in [0.1, 0.15) is 17.0 Å². The highest BCUT2D eigenvalue weighted by molar-refractivity contribution is 7.18. The first-order chi connectivity index (χ1) is 11.2. The van der Waals surface area contributed by atoms with Gasteiger partial charge in [0.2, 0.25) is 5.91 Å². The third-order valence-electron chi connectivity index (χ3n) is 3.98. The molecular formula is C17H16N4OS. The number of aromatic nitrogens is 2. The molecule has 0 spiro atoms. The van der Waals surface area contributed by atoms with E-state index in [0.29, 0.717) is 13.0 Å². The topological polar surface area (TPSA) is 66.9 Å². The Labute approximate surface area is 137 Å². The minimum Gasteiger partial charge on any atom is -0.365 e.